The van der Waals surface area contributed by atoms with Crippen molar-refractivity contribution in [3.8, 4) is 0 Å². The summed E-state index contributed by atoms with van der Waals surface area (Å²) >= 11 is 6.05. The predicted octanol–water partition coefficient (Wildman–Crippen LogP) is 2.81. The minimum Gasteiger partial charge on any atom is -0.396 e. The number of carbonyl (C=O) groups excluding carboxylic acids is 1. The number of aliphatic hydroxyl groups excluding tert-OH is 1. The summed E-state index contributed by atoms with van der Waals surface area (Å²) in [6, 6.07) is 5.93. The van der Waals surface area contributed by atoms with Gasteiger partial charge in [0.2, 0.25) is 0 Å². The van der Waals surface area contributed by atoms with Gasteiger partial charge in [0, 0.05) is 36.3 Å². The van der Waals surface area contributed by atoms with Crippen molar-refractivity contribution in [2.75, 3.05) is 33.8 Å². The topological polar surface area (TPSA) is 43.8 Å². The number of aryl methyl sites for hydroxylation is 1. The van der Waals surface area contributed by atoms with Gasteiger partial charge in [-0.2, -0.15) is 0 Å². The lowest BCUT2D eigenvalue weighted by atomic mass is 9.87. The number of aliphatic hydroxyl groups is 1. The molecular formula is C18H27ClN2O2. The van der Waals surface area contributed by atoms with Crippen LogP contribution < -0.4 is 0 Å². The Balaban J connectivity index is 2.10. The second kappa shape index (κ2) is 8.13. The summed E-state index contributed by atoms with van der Waals surface area (Å²) in [5, 5.41) is 9.81. The number of piperidine rings is 1. The van der Waals surface area contributed by atoms with Crippen molar-refractivity contribution in [3.05, 3.63) is 34.3 Å². The molecule has 1 saturated heterocycles. The number of likely N-dealkylation sites (tertiary alicyclic amines) is 1. The molecule has 1 aliphatic rings. The third-order valence-corrected chi connectivity index (χ3v) is 5.21. The van der Waals surface area contributed by atoms with E-state index in [1.807, 2.05) is 17.9 Å². The van der Waals surface area contributed by atoms with Crippen LogP contribution in [0.4, 0.5) is 0 Å². The summed E-state index contributed by atoms with van der Waals surface area (Å²) in [4.78, 5) is 17.0. The molecule has 1 aliphatic heterocycles. The van der Waals surface area contributed by atoms with Crippen LogP contribution in [0, 0.1) is 12.8 Å². The molecule has 2 atom stereocenters. The van der Waals surface area contributed by atoms with Crippen molar-refractivity contribution in [1.82, 2.24) is 9.80 Å². The SMILES string of the molecule is Cc1cc(C(=O)N2CC[C@H](N(C)C)[C@H](CCCO)C2)ccc1Cl. The maximum absolute atomic E-state index is 12.8. The zero-order chi connectivity index (χ0) is 17.0. The Morgan fingerprint density at radius 1 is 1.43 bits per heavy atom. The number of amides is 1. The smallest absolute Gasteiger partial charge is 0.253 e. The lowest BCUT2D eigenvalue weighted by Gasteiger charge is -2.41. The minimum absolute atomic E-state index is 0.0796. The first-order valence-corrected chi connectivity index (χ1v) is 8.64. The molecule has 0 aromatic heterocycles. The van der Waals surface area contributed by atoms with E-state index in [-0.39, 0.29) is 12.5 Å². The van der Waals surface area contributed by atoms with Gasteiger partial charge in [-0.15, -0.1) is 0 Å². The molecule has 4 nitrogen and oxygen atoms in total. The van der Waals surface area contributed by atoms with Crippen LogP contribution in [0.5, 0.6) is 0 Å². The highest BCUT2D eigenvalue weighted by Crippen LogP contribution is 2.26. The van der Waals surface area contributed by atoms with Crippen LogP contribution in [0.3, 0.4) is 0 Å². The molecule has 0 spiro atoms. The fraction of sp³-hybridized carbons (Fsp3) is 0.611. The molecule has 0 radical (unpaired) electrons. The van der Waals surface area contributed by atoms with Gasteiger partial charge in [-0.25, -0.2) is 0 Å². The zero-order valence-electron chi connectivity index (χ0n) is 14.3. The summed E-state index contributed by atoms with van der Waals surface area (Å²) < 4.78 is 0. The summed E-state index contributed by atoms with van der Waals surface area (Å²) in [5.41, 5.74) is 1.63. The largest absolute Gasteiger partial charge is 0.396 e. The molecule has 1 heterocycles. The minimum atomic E-state index is 0.0796. The number of benzene rings is 1. The molecule has 2 rings (SSSR count). The van der Waals surface area contributed by atoms with Gasteiger partial charge in [0.15, 0.2) is 0 Å². The third kappa shape index (κ3) is 4.46. The van der Waals surface area contributed by atoms with E-state index in [4.69, 9.17) is 16.7 Å². The van der Waals surface area contributed by atoms with E-state index in [1.54, 1.807) is 12.1 Å². The van der Waals surface area contributed by atoms with Crippen molar-refractivity contribution in [2.45, 2.75) is 32.2 Å². The fourth-order valence-corrected chi connectivity index (χ4v) is 3.60. The van der Waals surface area contributed by atoms with E-state index in [2.05, 4.69) is 19.0 Å². The van der Waals surface area contributed by atoms with Gasteiger partial charge in [0.25, 0.3) is 5.91 Å². The number of rotatable bonds is 5. The predicted molar refractivity (Wildman–Crippen MR) is 94.0 cm³/mol. The van der Waals surface area contributed by atoms with E-state index < -0.39 is 0 Å². The molecule has 0 unspecified atom stereocenters. The highest BCUT2D eigenvalue weighted by molar-refractivity contribution is 6.31. The highest BCUT2D eigenvalue weighted by Gasteiger charge is 2.32. The normalized spacial score (nSPS) is 21.7. The lowest BCUT2D eigenvalue weighted by molar-refractivity contribution is 0.0495. The van der Waals surface area contributed by atoms with Gasteiger partial charge in [-0.1, -0.05) is 11.6 Å². The Kier molecular flexibility index (Phi) is 6.45. The molecule has 1 amide bonds. The van der Waals surface area contributed by atoms with Gasteiger partial charge < -0.3 is 14.9 Å². The molecule has 1 N–H and O–H groups in total. The maximum Gasteiger partial charge on any atom is 0.253 e. The Labute approximate surface area is 144 Å². The van der Waals surface area contributed by atoms with Crippen LogP contribution in [-0.4, -0.2) is 60.6 Å². The quantitative estimate of drug-likeness (QED) is 0.897. The van der Waals surface area contributed by atoms with Gasteiger partial charge in [0.1, 0.15) is 0 Å². The summed E-state index contributed by atoms with van der Waals surface area (Å²) in [6.45, 7) is 3.66. The first-order valence-electron chi connectivity index (χ1n) is 8.26. The summed E-state index contributed by atoms with van der Waals surface area (Å²) in [6.07, 6.45) is 2.71. The average Bonchev–Trinajstić information content (AvgIpc) is 2.54. The number of hydrogen-bond acceptors (Lipinski definition) is 3. The number of nitrogens with zero attached hydrogens (tertiary/aromatic N) is 2. The van der Waals surface area contributed by atoms with Crippen molar-refractivity contribution in [1.29, 1.82) is 0 Å². The second-order valence-corrected chi connectivity index (χ2v) is 7.07. The number of carbonyl (C=O) groups is 1. The molecule has 0 aliphatic carbocycles. The van der Waals surface area contributed by atoms with Crippen LogP contribution >= 0.6 is 11.6 Å². The molecule has 1 aromatic carbocycles. The average molecular weight is 339 g/mol. The highest BCUT2D eigenvalue weighted by atomic mass is 35.5. The maximum atomic E-state index is 12.8. The van der Waals surface area contributed by atoms with Crippen LogP contribution in [-0.2, 0) is 0 Å². The van der Waals surface area contributed by atoms with E-state index in [1.165, 1.54) is 0 Å². The van der Waals surface area contributed by atoms with Gasteiger partial charge in [0.05, 0.1) is 0 Å². The van der Waals surface area contributed by atoms with Gasteiger partial charge in [-0.3, -0.25) is 4.79 Å². The number of hydrogen-bond donors (Lipinski definition) is 1. The Morgan fingerprint density at radius 2 is 2.17 bits per heavy atom. The van der Waals surface area contributed by atoms with Gasteiger partial charge >= 0.3 is 0 Å². The van der Waals surface area contributed by atoms with Crippen molar-refractivity contribution in [2.24, 2.45) is 5.92 Å². The molecule has 128 valence electrons. The standard InChI is InChI=1S/C18H27ClN2O2/c1-13-11-14(6-7-16(13)19)18(23)21-9-8-17(20(2)3)15(12-21)5-4-10-22/h6-7,11,15,17,22H,4-5,8-10,12H2,1-3H3/t15-,17+/m1/s1. The molecule has 5 heteroatoms. The van der Waals surface area contributed by atoms with E-state index in [0.717, 1.165) is 37.9 Å². The Bertz CT molecular complexity index is 548. The molecule has 0 saturated carbocycles. The summed E-state index contributed by atoms with van der Waals surface area (Å²) in [7, 11) is 4.19. The first kappa shape index (κ1) is 18.2. The molecular weight excluding hydrogens is 312 g/mol. The zero-order valence-corrected chi connectivity index (χ0v) is 15.0. The molecule has 23 heavy (non-hydrogen) atoms. The molecule has 1 aromatic rings. The van der Waals surface area contributed by atoms with Crippen molar-refractivity contribution >= 4 is 17.5 Å². The number of halogens is 1. The second-order valence-electron chi connectivity index (χ2n) is 6.66. The Hall–Kier alpha value is -1.10. The molecule has 1 fully saturated rings. The third-order valence-electron chi connectivity index (χ3n) is 4.78. The lowest BCUT2D eigenvalue weighted by Crippen LogP contribution is -2.50. The van der Waals surface area contributed by atoms with E-state index in [0.29, 0.717) is 22.5 Å². The molecule has 0 bridgehead atoms. The van der Waals surface area contributed by atoms with E-state index in [9.17, 15) is 4.79 Å². The van der Waals surface area contributed by atoms with Crippen LogP contribution in [0.2, 0.25) is 5.02 Å². The van der Waals surface area contributed by atoms with Crippen molar-refractivity contribution in [3.63, 3.8) is 0 Å². The summed E-state index contributed by atoms with van der Waals surface area (Å²) in [5.74, 6) is 0.485. The van der Waals surface area contributed by atoms with Crippen LogP contribution in [0.15, 0.2) is 18.2 Å². The van der Waals surface area contributed by atoms with Crippen LogP contribution in [0.25, 0.3) is 0 Å². The van der Waals surface area contributed by atoms with E-state index >= 15 is 0 Å². The van der Waals surface area contributed by atoms with Crippen molar-refractivity contribution < 1.29 is 9.90 Å². The van der Waals surface area contributed by atoms with Gasteiger partial charge in [-0.05, 0) is 70.0 Å². The first-order chi connectivity index (χ1) is 10.9. The Morgan fingerprint density at radius 3 is 2.78 bits per heavy atom. The fourth-order valence-electron chi connectivity index (χ4n) is 3.48. The van der Waals surface area contributed by atoms with Crippen LogP contribution in [0.1, 0.15) is 35.2 Å². The monoisotopic (exact) mass is 338 g/mol.